The number of nitrogens with one attached hydrogen (secondary N) is 1. The van der Waals surface area contributed by atoms with Crippen LogP contribution in [-0.2, 0) is 11.2 Å². The number of aryl methyl sites for hydroxylation is 1. The first kappa shape index (κ1) is 22.4. The third-order valence-corrected chi connectivity index (χ3v) is 6.77. The number of anilines is 1. The minimum absolute atomic E-state index is 0.158. The highest BCUT2D eigenvalue weighted by Crippen LogP contribution is 2.28. The predicted molar refractivity (Wildman–Crippen MR) is 131 cm³/mol. The van der Waals surface area contributed by atoms with Crippen molar-refractivity contribution in [2.45, 2.75) is 18.5 Å². The molecule has 1 amide bonds. The number of halogens is 1. The number of thioether (sulfide) groups is 1. The summed E-state index contributed by atoms with van der Waals surface area (Å²) in [5.41, 5.74) is 2.75. The molecule has 0 radical (unpaired) electrons. The molecule has 4 rings (SSSR count). The summed E-state index contributed by atoms with van der Waals surface area (Å²) < 4.78 is 7.16. The Hall–Kier alpha value is -2.81. The monoisotopic (exact) mass is 484 g/mol. The highest BCUT2D eigenvalue weighted by molar-refractivity contribution is 7.99. The second-order valence-electron chi connectivity index (χ2n) is 7.01. The molecule has 0 saturated heterocycles. The van der Waals surface area contributed by atoms with E-state index in [1.165, 1.54) is 22.2 Å². The number of hydrogen-bond donors (Lipinski definition) is 1. The number of carbonyl (C=O) groups excluding carboxylic acids is 1. The maximum Gasteiger partial charge on any atom is 0.234 e. The third kappa shape index (κ3) is 5.32. The summed E-state index contributed by atoms with van der Waals surface area (Å²) in [6, 6.07) is 17.4. The summed E-state index contributed by atoms with van der Waals surface area (Å²) in [6.45, 7) is 2.05. The molecule has 0 bridgehead atoms. The summed E-state index contributed by atoms with van der Waals surface area (Å²) in [5, 5.41) is 14.8. The molecular weight excluding hydrogens is 464 g/mol. The number of benzene rings is 2. The standard InChI is InChI=1S/C23H21ClN4O2S2/c1-15-5-8-17(9-6-15)28-21(13-18-4-3-11-31-18)26-27-23(28)32-14-22(29)25-16-7-10-20(30-2)19(24)12-16/h3-12H,13-14H2,1-2H3,(H,25,29). The van der Waals surface area contributed by atoms with E-state index in [-0.39, 0.29) is 11.7 Å². The van der Waals surface area contributed by atoms with Crippen molar-refractivity contribution in [3.63, 3.8) is 0 Å². The zero-order valence-electron chi connectivity index (χ0n) is 17.5. The molecule has 4 aromatic rings. The van der Waals surface area contributed by atoms with Crippen LogP contribution in [0.4, 0.5) is 5.69 Å². The van der Waals surface area contributed by atoms with E-state index < -0.39 is 0 Å². The van der Waals surface area contributed by atoms with Gasteiger partial charge < -0.3 is 10.1 Å². The van der Waals surface area contributed by atoms with Gasteiger partial charge in [-0.05, 0) is 48.7 Å². The Labute approximate surface area is 199 Å². The number of methoxy groups -OCH3 is 1. The second kappa shape index (κ2) is 10.2. The van der Waals surface area contributed by atoms with E-state index in [4.69, 9.17) is 16.3 Å². The van der Waals surface area contributed by atoms with E-state index in [1.807, 2.05) is 35.1 Å². The Morgan fingerprint density at radius 3 is 2.69 bits per heavy atom. The molecule has 0 saturated carbocycles. The van der Waals surface area contributed by atoms with Crippen LogP contribution in [0.2, 0.25) is 5.02 Å². The first-order valence-corrected chi connectivity index (χ1v) is 12.1. The molecule has 0 atom stereocenters. The van der Waals surface area contributed by atoms with Crippen LogP contribution < -0.4 is 10.1 Å². The van der Waals surface area contributed by atoms with Crippen molar-refractivity contribution in [2.24, 2.45) is 0 Å². The zero-order chi connectivity index (χ0) is 22.5. The summed E-state index contributed by atoms with van der Waals surface area (Å²) in [4.78, 5) is 13.8. The maximum atomic E-state index is 12.5. The average molecular weight is 485 g/mol. The molecule has 164 valence electrons. The highest BCUT2D eigenvalue weighted by Gasteiger charge is 2.17. The van der Waals surface area contributed by atoms with Crippen LogP contribution in [0.15, 0.2) is 65.1 Å². The van der Waals surface area contributed by atoms with E-state index in [9.17, 15) is 4.79 Å². The van der Waals surface area contributed by atoms with Gasteiger partial charge in [-0.3, -0.25) is 9.36 Å². The fourth-order valence-corrected chi connectivity index (χ4v) is 4.83. The van der Waals surface area contributed by atoms with Gasteiger partial charge in [0.15, 0.2) is 5.16 Å². The lowest BCUT2D eigenvalue weighted by Crippen LogP contribution is -2.14. The molecule has 0 spiro atoms. The Balaban J connectivity index is 1.51. The van der Waals surface area contributed by atoms with Crippen LogP contribution in [-0.4, -0.2) is 33.5 Å². The number of carbonyl (C=O) groups is 1. The molecule has 1 N–H and O–H groups in total. The number of amides is 1. The molecule has 0 fully saturated rings. The number of hydrogen-bond acceptors (Lipinski definition) is 6. The van der Waals surface area contributed by atoms with Crippen molar-refractivity contribution >= 4 is 46.3 Å². The molecular formula is C23H21ClN4O2S2. The molecule has 0 aliphatic rings. The smallest absolute Gasteiger partial charge is 0.234 e. The van der Waals surface area contributed by atoms with Gasteiger partial charge in [-0.1, -0.05) is 47.1 Å². The quantitative estimate of drug-likeness (QED) is 0.329. The molecule has 0 unspecified atom stereocenters. The lowest BCUT2D eigenvalue weighted by molar-refractivity contribution is -0.113. The van der Waals surface area contributed by atoms with Gasteiger partial charge in [0.2, 0.25) is 5.91 Å². The van der Waals surface area contributed by atoms with Gasteiger partial charge in [0.05, 0.1) is 17.9 Å². The lowest BCUT2D eigenvalue weighted by atomic mass is 10.2. The van der Waals surface area contributed by atoms with Crippen molar-refractivity contribution in [2.75, 3.05) is 18.2 Å². The summed E-state index contributed by atoms with van der Waals surface area (Å²) in [6.07, 6.45) is 0.676. The van der Waals surface area contributed by atoms with E-state index in [0.29, 0.717) is 28.0 Å². The van der Waals surface area contributed by atoms with E-state index in [1.54, 1.807) is 36.6 Å². The van der Waals surface area contributed by atoms with E-state index >= 15 is 0 Å². The van der Waals surface area contributed by atoms with Crippen LogP contribution in [0, 0.1) is 6.92 Å². The third-order valence-electron chi connectivity index (χ3n) is 4.67. The Bertz CT molecular complexity index is 1210. The lowest BCUT2D eigenvalue weighted by Gasteiger charge is -2.11. The van der Waals surface area contributed by atoms with Crippen LogP contribution in [0.3, 0.4) is 0 Å². The van der Waals surface area contributed by atoms with Crippen LogP contribution in [0.25, 0.3) is 5.69 Å². The fourth-order valence-electron chi connectivity index (χ4n) is 3.10. The molecule has 32 heavy (non-hydrogen) atoms. The van der Waals surface area contributed by atoms with Crippen LogP contribution >= 0.6 is 34.7 Å². The summed E-state index contributed by atoms with van der Waals surface area (Å²) in [5.74, 6) is 1.42. The highest BCUT2D eigenvalue weighted by atomic mass is 35.5. The van der Waals surface area contributed by atoms with Gasteiger partial charge in [-0.15, -0.1) is 21.5 Å². The first-order chi connectivity index (χ1) is 15.5. The molecule has 2 aromatic heterocycles. The Morgan fingerprint density at radius 1 is 1.19 bits per heavy atom. The Kier molecular flexibility index (Phi) is 7.14. The molecule has 6 nitrogen and oxygen atoms in total. The topological polar surface area (TPSA) is 69.0 Å². The SMILES string of the molecule is COc1ccc(NC(=O)CSc2nnc(Cc3cccs3)n2-c2ccc(C)cc2)cc1Cl. The van der Waals surface area contributed by atoms with Crippen molar-refractivity contribution in [1.82, 2.24) is 14.8 Å². The van der Waals surface area contributed by atoms with Gasteiger partial charge in [-0.25, -0.2) is 0 Å². The van der Waals surface area contributed by atoms with Gasteiger partial charge >= 0.3 is 0 Å². The first-order valence-electron chi connectivity index (χ1n) is 9.83. The minimum atomic E-state index is -0.158. The summed E-state index contributed by atoms with van der Waals surface area (Å²) >= 11 is 9.17. The van der Waals surface area contributed by atoms with Crippen LogP contribution in [0.1, 0.15) is 16.3 Å². The van der Waals surface area contributed by atoms with Crippen molar-refractivity contribution < 1.29 is 9.53 Å². The number of nitrogens with zero attached hydrogens (tertiary/aromatic N) is 3. The van der Waals surface area contributed by atoms with Crippen molar-refractivity contribution in [1.29, 1.82) is 0 Å². The van der Waals surface area contributed by atoms with Gasteiger partial charge in [0.25, 0.3) is 0 Å². The van der Waals surface area contributed by atoms with Crippen molar-refractivity contribution in [3.8, 4) is 11.4 Å². The number of ether oxygens (including phenoxy) is 1. The zero-order valence-corrected chi connectivity index (χ0v) is 19.9. The molecule has 2 aromatic carbocycles. The van der Waals surface area contributed by atoms with Gasteiger partial charge in [0.1, 0.15) is 11.6 Å². The summed E-state index contributed by atoms with van der Waals surface area (Å²) in [7, 11) is 1.55. The maximum absolute atomic E-state index is 12.5. The van der Waals surface area contributed by atoms with Gasteiger partial charge in [0, 0.05) is 22.7 Å². The Morgan fingerprint density at radius 2 is 2.00 bits per heavy atom. The number of thiophene rings is 1. The molecule has 9 heteroatoms. The number of rotatable bonds is 8. The average Bonchev–Trinajstić information content (AvgIpc) is 3.43. The van der Waals surface area contributed by atoms with E-state index in [0.717, 1.165) is 11.5 Å². The normalized spacial score (nSPS) is 10.8. The van der Waals surface area contributed by atoms with Crippen molar-refractivity contribution in [3.05, 3.63) is 81.3 Å². The molecule has 2 heterocycles. The van der Waals surface area contributed by atoms with E-state index in [2.05, 4.69) is 33.7 Å². The van der Waals surface area contributed by atoms with Gasteiger partial charge in [-0.2, -0.15) is 0 Å². The minimum Gasteiger partial charge on any atom is -0.495 e. The molecule has 0 aliphatic heterocycles. The van der Waals surface area contributed by atoms with Crippen LogP contribution in [0.5, 0.6) is 5.75 Å². The molecule has 0 aliphatic carbocycles. The predicted octanol–water partition coefficient (Wildman–Crippen LogP) is 5.62. The fraction of sp³-hybridized carbons (Fsp3) is 0.174. The number of aromatic nitrogens is 3. The largest absolute Gasteiger partial charge is 0.495 e. The second-order valence-corrected chi connectivity index (χ2v) is 9.39.